The summed E-state index contributed by atoms with van der Waals surface area (Å²) in [6.45, 7) is 2.11. The van der Waals surface area contributed by atoms with Gasteiger partial charge in [-0.15, -0.1) is 0 Å². The number of benzene rings is 1. The number of carboxylic acid groups (broad SMARTS) is 1. The second-order valence-corrected chi connectivity index (χ2v) is 5.86. The number of hydrogen-bond acceptors (Lipinski definition) is 2. The van der Waals surface area contributed by atoms with E-state index >= 15 is 0 Å². The number of aliphatic carboxylic acids is 1. The summed E-state index contributed by atoms with van der Waals surface area (Å²) in [6.07, 6.45) is 3.22. The number of aromatic nitrogens is 2. The van der Waals surface area contributed by atoms with E-state index < -0.39 is 5.97 Å². The second kappa shape index (κ2) is 6.42. The fourth-order valence-corrected chi connectivity index (χ4v) is 2.82. The molecule has 0 unspecified atom stereocenters. The standard InChI is InChI=1S/C18H17ClN2O2/c1-2-12-3-5-13(6-4-12)18-15(8-10-17(22)23)21-11-14(19)7-9-16(21)20-18/h3-7,9,11H,2,8,10H2,1H3,(H,22,23). The first kappa shape index (κ1) is 15.6. The van der Waals surface area contributed by atoms with Crippen LogP contribution in [0.1, 0.15) is 24.6 Å². The van der Waals surface area contributed by atoms with E-state index in [2.05, 4.69) is 24.0 Å². The number of aryl methyl sites for hydroxylation is 2. The maximum Gasteiger partial charge on any atom is 0.303 e. The molecule has 3 rings (SSSR count). The van der Waals surface area contributed by atoms with E-state index in [4.69, 9.17) is 16.7 Å². The van der Waals surface area contributed by atoms with Crippen LogP contribution in [0.25, 0.3) is 16.9 Å². The van der Waals surface area contributed by atoms with E-state index in [-0.39, 0.29) is 6.42 Å². The molecule has 0 spiro atoms. The molecular formula is C18H17ClN2O2. The Labute approximate surface area is 139 Å². The van der Waals surface area contributed by atoms with Crippen LogP contribution >= 0.6 is 11.6 Å². The largest absolute Gasteiger partial charge is 0.481 e. The van der Waals surface area contributed by atoms with Crippen molar-refractivity contribution in [3.8, 4) is 11.3 Å². The molecule has 2 aromatic heterocycles. The average Bonchev–Trinajstić information content (AvgIpc) is 2.90. The van der Waals surface area contributed by atoms with Gasteiger partial charge in [0.05, 0.1) is 22.8 Å². The summed E-state index contributed by atoms with van der Waals surface area (Å²) in [6, 6.07) is 11.9. The van der Waals surface area contributed by atoms with E-state index in [0.717, 1.165) is 29.0 Å². The monoisotopic (exact) mass is 328 g/mol. The van der Waals surface area contributed by atoms with Crippen LogP contribution in [-0.4, -0.2) is 20.5 Å². The smallest absolute Gasteiger partial charge is 0.303 e. The van der Waals surface area contributed by atoms with Gasteiger partial charge < -0.3 is 9.51 Å². The summed E-state index contributed by atoms with van der Waals surface area (Å²) in [5, 5.41) is 9.61. The van der Waals surface area contributed by atoms with Crippen molar-refractivity contribution in [3.05, 3.63) is 58.9 Å². The molecule has 1 N–H and O–H groups in total. The van der Waals surface area contributed by atoms with Crippen molar-refractivity contribution in [3.63, 3.8) is 0 Å². The van der Waals surface area contributed by atoms with E-state index in [9.17, 15) is 4.79 Å². The lowest BCUT2D eigenvalue weighted by Crippen LogP contribution is -2.01. The molecule has 118 valence electrons. The van der Waals surface area contributed by atoms with Crippen LogP contribution in [0.15, 0.2) is 42.6 Å². The summed E-state index contributed by atoms with van der Waals surface area (Å²) in [5.74, 6) is -0.825. The molecular weight excluding hydrogens is 312 g/mol. The Kier molecular flexibility index (Phi) is 4.35. The Balaban J connectivity index is 2.13. The Bertz CT molecular complexity index is 853. The van der Waals surface area contributed by atoms with Gasteiger partial charge in [0.1, 0.15) is 5.65 Å². The fraction of sp³-hybridized carbons (Fsp3) is 0.222. The highest BCUT2D eigenvalue weighted by Crippen LogP contribution is 2.27. The number of fused-ring (bicyclic) bond motifs is 1. The summed E-state index contributed by atoms with van der Waals surface area (Å²) in [7, 11) is 0. The van der Waals surface area contributed by atoms with Crippen LogP contribution in [0.3, 0.4) is 0 Å². The van der Waals surface area contributed by atoms with Gasteiger partial charge in [-0.05, 0) is 24.1 Å². The number of halogens is 1. The van der Waals surface area contributed by atoms with Gasteiger partial charge in [-0.1, -0.05) is 42.8 Å². The number of imidazole rings is 1. The van der Waals surface area contributed by atoms with Crippen LogP contribution in [0.5, 0.6) is 0 Å². The van der Waals surface area contributed by atoms with E-state index in [1.165, 1.54) is 5.56 Å². The summed E-state index contributed by atoms with van der Waals surface area (Å²) in [5.41, 5.74) is 4.70. The maximum atomic E-state index is 11.0. The van der Waals surface area contributed by atoms with Crippen LogP contribution in [0.4, 0.5) is 0 Å². The van der Waals surface area contributed by atoms with Crippen LogP contribution in [0, 0.1) is 0 Å². The molecule has 23 heavy (non-hydrogen) atoms. The molecule has 0 saturated carbocycles. The van der Waals surface area contributed by atoms with Gasteiger partial charge >= 0.3 is 5.97 Å². The summed E-state index contributed by atoms with van der Waals surface area (Å²) in [4.78, 5) is 15.6. The highest BCUT2D eigenvalue weighted by Gasteiger charge is 2.15. The minimum absolute atomic E-state index is 0.0559. The molecule has 4 nitrogen and oxygen atoms in total. The predicted octanol–water partition coefficient (Wildman–Crippen LogP) is 4.23. The molecule has 0 aliphatic carbocycles. The Morgan fingerprint density at radius 3 is 2.61 bits per heavy atom. The topological polar surface area (TPSA) is 54.6 Å². The highest BCUT2D eigenvalue weighted by atomic mass is 35.5. The molecule has 1 aromatic carbocycles. The molecule has 0 amide bonds. The van der Waals surface area contributed by atoms with Gasteiger partial charge in [-0.25, -0.2) is 4.98 Å². The fourth-order valence-electron chi connectivity index (χ4n) is 2.66. The van der Waals surface area contributed by atoms with Crippen molar-refractivity contribution in [2.24, 2.45) is 0 Å². The van der Waals surface area contributed by atoms with Crippen LogP contribution < -0.4 is 0 Å². The van der Waals surface area contributed by atoms with Crippen molar-refractivity contribution in [2.75, 3.05) is 0 Å². The molecule has 5 heteroatoms. The molecule has 0 fully saturated rings. The van der Waals surface area contributed by atoms with Crippen molar-refractivity contribution in [1.29, 1.82) is 0 Å². The molecule has 0 radical (unpaired) electrons. The molecule has 3 aromatic rings. The minimum Gasteiger partial charge on any atom is -0.481 e. The van der Waals surface area contributed by atoms with Crippen molar-refractivity contribution >= 4 is 23.2 Å². The quantitative estimate of drug-likeness (QED) is 0.762. The maximum absolute atomic E-state index is 11.0. The van der Waals surface area contributed by atoms with Crippen LogP contribution in [-0.2, 0) is 17.6 Å². The van der Waals surface area contributed by atoms with Gasteiger partial charge in [-0.2, -0.15) is 0 Å². The molecule has 0 bridgehead atoms. The predicted molar refractivity (Wildman–Crippen MR) is 91.0 cm³/mol. The number of rotatable bonds is 5. The van der Waals surface area contributed by atoms with Gasteiger partial charge in [0.2, 0.25) is 0 Å². The SMILES string of the molecule is CCc1ccc(-c2nc3ccc(Cl)cn3c2CCC(=O)O)cc1. The number of carboxylic acids is 1. The first-order chi connectivity index (χ1) is 11.1. The van der Waals surface area contributed by atoms with E-state index in [1.807, 2.05) is 22.6 Å². The lowest BCUT2D eigenvalue weighted by molar-refractivity contribution is -0.136. The van der Waals surface area contributed by atoms with Gasteiger partial charge in [-0.3, -0.25) is 4.79 Å². The summed E-state index contributed by atoms with van der Waals surface area (Å²) < 4.78 is 1.88. The van der Waals surface area contributed by atoms with Crippen molar-refractivity contribution in [2.45, 2.75) is 26.2 Å². The first-order valence-electron chi connectivity index (χ1n) is 7.56. The second-order valence-electron chi connectivity index (χ2n) is 5.43. The number of hydrogen-bond donors (Lipinski definition) is 1. The molecule has 0 aliphatic heterocycles. The zero-order valence-corrected chi connectivity index (χ0v) is 13.5. The Morgan fingerprint density at radius 2 is 1.96 bits per heavy atom. The third-order valence-electron chi connectivity index (χ3n) is 3.89. The number of carbonyl (C=O) groups is 1. The number of pyridine rings is 1. The highest BCUT2D eigenvalue weighted by molar-refractivity contribution is 6.30. The average molecular weight is 329 g/mol. The molecule has 0 aliphatic rings. The number of nitrogens with zero attached hydrogens (tertiary/aromatic N) is 2. The third-order valence-corrected chi connectivity index (χ3v) is 4.12. The zero-order chi connectivity index (χ0) is 16.4. The van der Waals surface area contributed by atoms with Gasteiger partial charge in [0, 0.05) is 18.2 Å². The summed E-state index contributed by atoms with van der Waals surface area (Å²) >= 11 is 6.08. The minimum atomic E-state index is -0.825. The lowest BCUT2D eigenvalue weighted by atomic mass is 10.0. The van der Waals surface area contributed by atoms with Crippen molar-refractivity contribution < 1.29 is 9.90 Å². The molecule has 0 saturated heterocycles. The van der Waals surface area contributed by atoms with E-state index in [0.29, 0.717) is 11.4 Å². The first-order valence-corrected chi connectivity index (χ1v) is 7.94. The third kappa shape index (κ3) is 3.22. The lowest BCUT2D eigenvalue weighted by Gasteiger charge is -2.05. The van der Waals surface area contributed by atoms with Gasteiger partial charge in [0.15, 0.2) is 0 Å². The Morgan fingerprint density at radius 1 is 1.22 bits per heavy atom. The zero-order valence-electron chi connectivity index (χ0n) is 12.8. The Hall–Kier alpha value is -2.33. The normalized spacial score (nSPS) is 11.0. The van der Waals surface area contributed by atoms with E-state index in [1.54, 1.807) is 12.3 Å². The van der Waals surface area contributed by atoms with Crippen molar-refractivity contribution in [1.82, 2.24) is 9.38 Å². The van der Waals surface area contributed by atoms with Crippen LogP contribution in [0.2, 0.25) is 5.02 Å². The van der Waals surface area contributed by atoms with Gasteiger partial charge in [0.25, 0.3) is 0 Å². The molecule has 0 atom stereocenters. The molecule has 2 heterocycles.